The first-order valence-corrected chi connectivity index (χ1v) is 8.92. The number of carbonyl (C=O) groups is 1. The molecule has 3 rings (SSSR count). The number of aromatic nitrogens is 1. The van der Waals surface area contributed by atoms with Crippen molar-refractivity contribution in [3.8, 4) is 11.3 Å². The average molecular weight is 385 g/mol. The molecule has 0 saturated heterocycles. The monoisotopic (exact) mass is 384 g/mol. The number of pyridine rings is 1. The molecule has 1 unspecified atom stereocenters. The fraction of sp³-hybridized carbons (Fsp3) is 0.143. The molecule has 26 heavy (non-hydrogen) atoms. The van der Waals surface area contributed by atoms with Crippen LogP contribution < -0.4 is 5.73 Å². The second kappa shape index (κ2) is 7.48. The number of amides is 1. The predicted molar refractivity (Wildman–Crippen MR) is 107 cm³/mol. The zero-order valence-electron chi connectivity index (χ0n) is 14.5. The maximum atomic E-state index is 12.2. The van der Waals surface area contributed by atoms with E-state index in [1.54, 1.807) is 24.3 Å². The molecule has 1 aromatic heterocycles. The minimum absolute atomic E-state index is 0.389. The van der Waals surface area contributed by atoms with Gasteiger partial charge in [-0.25, -0.2) is 0 Å². The van der Waals surface area contributed by atoms with Crippen LogP contribution in [0.5, 0.6) is 0 Å². The van der Waals surface area contributed by atoms with Gasteiger partial charge in [-0.2, -0.15) is 0 Å². The summed E-state index contributed by atoms with van der Waals surface area (Å²) >= 11 is 12.6. The number of carbonyl (C=O) groups excluding carboxylic acids is 1. The SMILES string of the molecule is Cc1cccc(-c2cccc(C(C(N)=O)c3c(Cl)cccc3Cl)n2)c1C. The zero-order chi connectivity index (χ0) is 18.8. The third-order valence-electron chi connectivity index (χ3n) is 4.52. The maximum Gasteiger partial charge on any atom is 0.231 e. The van der Waals surface area contributed by atoms with Gasteiger partial charge in [-0.3, -0.25) is 9.78 Å². The van der Waals surface area contributed by atoms with Crippen LogP contribution in [0.3, 0.4) is 0 Å². The third-order valence-corrected chi connectivity index (χ3v) is 5.18. The normalized spacial score (nSPS) is 12.0. The number of nitrogens with two attached hydrogens (primary N) is 1. The van der Waals surface area contributed by atoms with Gasteiger partial charge in [-0.05, 0) is 49.2 Å². The Bertz CT molecular complexity index is 965. The molecule has 3 nitrogen and oxygen atoms in total. The summed E-state index contributed by atoms with van der Waals surface area (Å²) in [5.41, 5.74) is 10.8. The molecule has 2 aromatic carbocycles. The fourth-order valence-electron chi connectivity index (χ4n) is 3.01. The van der Waals surface area contributed by atoms with E-state index in [0.717, 1.165) is 16.8 Å². The van der Waals surface area contributed by atoms with Gasteiger partial charge >= 0.3 is 0 Å². The molecule has 0 aliphatic rings. The lowest BCUT2D eigenvalue weighted by Crippen LogP contribution is -2.24. The van der Waals surface area contributed by atoms with Crippen molar-refractivity contribution in [1.29, 1.82) is 0 Å². The maximum absolute atomic E-state index is 12.2. The number of hydrogen-bond donors (Lipinski definition) is 1. The van der Waals surface area contributed by atoms with Gasteiger partial charge < -0.3 is 5.73 Å². The number of rotatable bonds is 4. The Kier molecular flexibility index (Phi) is 5.30. The van der Waals surface area contributed by atoms with Gasteiger partial charge in [0.25, 0.3) is 0 Å². The molecule has 2 N–H and O–H groups in total. The van der Waals surface area contributed by atoms with Gasteiger partial charge in [-0.1, -0.05) is 53.5 Å². The van der Waals surface area contributed by atoms with Crippen LogP contribution in [-0.2, 0) is 4.79 Å². The highest BCUT2D eigenvalue weighted by Crippen LogP contribution is 2.36. The Labute approximate surface area is 162 Å². The zero-order valence-corrected chi connectivity index (χ0v) is 16.0. The molecule has 0 saturated carbocycles. The topological polar surface area (TPSA) is 56.0 Å². The molecule has 1 heterocycles. The van der Waals surface area contributed by atoms with Crippen molar-refractivity contribution in [2.45, 2.75) is 19.8 Å². The molecule has 5 heteroatoms. The minimum Gasteiger partial charge on any atom is -0.369 e. The van der Waals surface area contributed by atoms with Crippen LogP contribution in [0.4, 0.5) is 0 Å². The Morgan fingerprint density at radius 3 is 2.23 bits per heavy atom. The second-order valence-corrected chi connectivity index (χ2v) is 6.98. The van der Waals surface area contributed by atoms with Crippen LogP contribution in [0.1, 0.15) is 28.3 Å². The van der Waals surface area contributed by atoms with Crippen molar-refractivity contribution in [2.75, 3.05) is 0 Å². The van der Waals surface area contributed by atoms with Crippen molar-refractivity contribution in [1.82, 2.24) is 4.98 Å². The summed E-state index contributed by atoms with van der Waals surface area (Å²) in [4.78, 5) is 16.9. The van der Waals surface area contributed by atoms with E-state index in [1.165, 1.54) is 5.56 Å². The summed E-state index contributed by atoms with van der Waals surface area (Å²) in [5, 5.41) is 0.778. The number of halogens is 2. The van der Waals surface area contributed by atoms with Crippen LogP contribution in [0.25, 0.3) is 11.3 Å². The van der Waals surface area contributed by atoms with Crippen molar-refractivity contribution in [3.63, 3.8) is 0 Å². The highest BCUT2D eigenvalue weighted by Gasteiger charge is 2.27. The smallest absolute Gasteiger partial charge is 0.231 e. The number of aryl methyl sites for hydroxylation is 1. The number of nitrogens with zero attached hydrogens (tertiary/aromatic N) is 1. The standard InChI is InChI=1S/C21H18Cl2N2O/c1-12-6-3-7-14(13(12)2)17-10-5-11-18(25-17)20(21(24)26)19-15(22)8-4-9-16(19)23/h3-11,20H,1-2H3,(H2,24,26). The van der Waals surface area contributed by atoms with Crippen LogP contribution in [-0.4, -0.2) is 10.9 Å². The lowest BCUT2D eigenvalue weighted by atomic mass is 9.93. The first-order valence-electron chi connectivity index (χ1n) is 8.17. The van der Waals surface area contributed by atoms with Crippen LogP contribution in [0, 0.1) is 13.8 Å². The quantitative estimate of drug-likeness (QED) is 0.664. The number of primary amides is 1. The molecule has 1 atom stereocenters. The Hall–Kier alpha value is -2.36. The van der Waals surface area contributed by atoms with Crippen molar-refractivity contribution in [2.24, 2.45) is 5.73 Å². The Balaban J connectivity index is 2.16. The van der Waals surface area contributed by atoms with E-state index in [4.69, 9.17) is 33.9 Å². The molecule has 132 valence electrons. The summed E-state index contributed by atoms with van der Waals surface area (Å²) in [7, 11) is 0. The van der Waals surface area contributed by atoms with Gasteiger partial charge in [0.05, 0.1) is 11.4 Å². The molecule has 3 aromatic rings. The first-order chi connectivity index (χ1) is 12.4. The molecule has 0 aliphatic carbocycles. The van der Waals surface area contributed by atoms with E-state index in [1.807, 2.05) is 24.3 Å². The Morgan fingerprint density at radius 1 is 0.962 bits per heavy atom. The summed E-state index contributed by atoms with van der Waals surface area (Å²) in [5.74, 6) is -1.37. The van der Waals surface area contributed by atoms with Crippen LogP contribution >= 0.6 is 23.2 Å². The lowest BCUT2D eigenvalue weighted by Gasteiger charge is -2.18. The third kappa shape index (κ3) is 3.46. The fourth-order valence-corrected chi connectivity index (χ4v) is 3.63. The highest BCUT2D eigenvalue weighted by atomic mass is 35.5. The van der Waals surface area contributed by atoms with Gasteiger partial charge in [0.1, 0.15) is 5.92 Å². The second-order valence-electron chi connectivity index (χ2n) is 6.17. The van der Waals surface area contributed by atoms with E-state index in [0.29, 0.717) is 21.3 Å². The molecule has 1 amide bonds. The van der Waals surface area contributed by atoms with Crippen LogP contribution in [0.2, 0.25) is 10.0 Å². The molecule has 0 spiro atoms. The van der Waals surface area contributed by atoms with Crippen molar-refractivity contribution < 1.29 is 4.79 Å². The molecule has 0 aliphatic heterocycles. The largest absolute Gasteiger partial charge is 0.369 e. The molecular formula is C21H18Cl2N2O. The van der Waals surface area contributed by atoms with Gasteiger partial charge in [0.15, 0.2) is 0 Å². The molecular weight excluding hydrogens is 367 g/mol. The average Bonchev–Trinajstić information content (AvgIpc) is 2.60. The summed E-state index contributed by atoms with van der Waals surface area (Å²) in [6, 6.07) is 16.7. The van der Waals surface area contributed by atoms with Crippen molar-refractivity contribution >= 4 is 29.1 Å². The van der Waals surface area contributed by atoms with E-state index >= 15 is 0 Å². The minimum atomic E-state index is -0.818. The van der Waals surface area contributed by atoms with Crippen molar-refractivity contribution in [3.05, 3.63) is 87.0 Å². The van der Waals surface area contributed by atoms with E-state index < -0.39 is 11.8 Å². The number of benzene rings is 2. The van der Waals surface area contributed by atoms with E-state index in [9.17, 15) is 4.79 Å². The number of hydrogen-bond acceptors (Lipinski definition) is 2. The summed E-state index contributed by atoms with van der Waals surface area (Å²) in [6.07, 6.45) is 0. The predicted octanol–water partition coefficient (Wildman–Crippen LogP) is 5.29. The van der Waals surface area contributed by atoms with Gasteiger partial charge in [-0.15, -0.1) is 0 Å². The van der Waals surface area contributed by atoms with Crippen LogP contribution in [0.15, 0.2) is 54.6 Å². The van der Waals surface area contributed by atoms with Gasteiger partial charge in [0, 0.05) is 21.2 Å². The Morgan fingerprint density at radius 2 is 1.58 bits per heavy atom. The lowest BCUT2D eigenvalue weighted by molar-refractivity contribution is -0.118. The first kappa shape index (κ1) is 18.4. The molecule has 0 radical (unpaired) electrons. The van der Waals surface area contributed by atoms with E-state index in [2.05, 4.69) is 19.9 Å². The molecule has 0 bridgehead atoms. The van der Waals surface area contributed by atoms with E-state index in [-0.39, 0.29) is 0 Å². The van der Waals surface area contributed by atoms with Gasteiger partial charge in [0.2, 0.25) is 5.91 Å². The molecule has 0 fully saturated rings. The highest BCUT2D eigenvalue weighted by molar-refractivity contribution is 6.36. The summed E-state index contributed by atoms with van der Waals surface area (Å²) in [6.45, 7) is 4.11. The summed E-state index contributed by atoms with van der Waals surface area (Å²) < 4.78 is 0.